The van der Waals surface area contributed by atoms with Crippen LogP contribution in [0.15, 0.2) is 46.5 Å². The third-order valence-electron chi connectivity index (χ3n) is 2.53. The second-order valence-electron chi connectivity index (χ2n) is 3.85. The number of hydrogen-bond acceptors (Lipinski definition) is 4. The van der Waals surface area contributed by atoms with Gasteiger partial charge in [-0.2, -0.15) is 5.26 Å². The Hall–Kier alpha value is -2.32. The fourth-order valence-electron chi connectivity index (χ4n) is 1.57. The number of carboxylic acid groups (broad SMARTS) is 1. The summed E-state index contributed by atoms with van der Waals surface area (Å²) in [5.74, 6) is -0.999. The van der Waals surface area contributed by atoms with Crippen molar-refractivity contribution in [1.82, 2.24) is 4.98 Å². The van der Waals surface area contributed by atoms with Crippen LogP contribution < -0.4 is 0 Å². The minimum atomic E-state index is -0.999. The molecular formula is C14H10N2O2S. The molecule has 0 saturated heterocycles. The summed E-state index contributed by atoms with van der Waals surface area (Å²) in [5.41, 5.74) is 1.65. The Kier molecular flexibility index (Phi) is 3.83. The van der Waals surface area contributed by atoms with E-state index in [2.05, 4.69) is 11.1 Å². The quantitative estimate of drug-likeness (QED) is 0.927. The van der Waals surface area contributed by atoms with Crippen molar-refractivity contribution in [2.24, 2.45) is 0 Å². The molecule has 1 N–H and O–H groups in total. The second-order valence-corrected chi connectivity index (χ2v) is 4.91. The Bertz CT molecular complexity index is 677. The normalized spacial score (nSPS) is 9.89. The van der Waals surface area contributed by atoms with E-state index in [4.69, 9.17) is 10.4 Å². The summed E-state index contributed by atoms with van der Waals surface area (Å²) >= 11 is 1.27. The van der Waals surface area contributed by atoms with Crippen LogP contribution in [-0.4, -0.2) is 16.1 Å². The second kappa shape index (κ2) is 5.55. The van der Waals surface area contributed by atoms with Crippen molar-refractivity contribution < 1.29 is 9.90 Å². The van der Waals surface area contributed by atoms with Crippen LogP contribution in [0.25, 0.3) is 0 Å². The molecule has 0 saturated carbocycles. The number of benzene rings is 1. The van der Waals surface area contributed by atoms with E-state index in [9.17, 15) is 4.79 Å². The van der Waals surface area contributed by atoms with E-state index in [1.54, 1.807) is 24.4 Å². The van der Waals surface area contributed by atoms with E-state index in [1.807, 2.05) is 13.0 Å². The molecule has 4 nitrogen and oxygen atoms in total. The Balaban J connectivity index is 2.34. The molecule has 0 amide bonds. The van der Waals surface area contributed by atoms with Crippen molar-refractivity contribution in [2.75, 3.05) is 0 Å². The number of nitrogens with zero attached hydrogens (tertiary/aromatic N) is 2. The first-order chi connectivity index (χ1) is 9.11. The molecule has 2 rings (SSSR count). The van der Waals surface area contributed by atoms with Gasteiger partial charge in [0.25, 0.3) is 0 Å². The summed E-state index contributed by atoms with van der Waals surface area (Å²) < 4.78 is 0. The maximum absolute atomic E-state index is 11.1. The van der Waals surface area contributed by atoms with Gasteiger partial charge >= 0.3 is 5.97 Å². The van der Waals surface area contributed by atoms with E-state index in [0.29, 0.717) is 10.6 Å². The van der Waals surface area contributed by atoms with Gasteiger partial charge in [0.05, 0.1) is 17.2 Å². The van der Waals surface area contributed by atoms with Gasteiger partial charge < -0.3 is 5.11 Å². The fraction of sp³-hybridized carbons (Fsp3) is 0.0714. The number of carbonyl (C=O) groups is 1. The summed E-state index contributed by atoms with van der Waals surface area (Å²) in [7, 11) is 0. The van der Waals surface area contributed by atoms with E-state index >= 15 is 0 Å². The van der Waals surface area contributed by atoms with Gasteiger partial charge in [-0.1, -0.05) is 11.8 Å². The van der Waals surface area contributed by atoms with Gasteiger partial charge in [0.1, 0.15) is 5.03 Å². The van der Waals surface area contributed by atoms with Crippen molar-refractivity contribution in [3.63, 3.8) is 0 Å². The average Bonchev–Trinajstić information content (AvgIpc) is 2.39. The molecule has 0 unspecified atom stereocenters. The molecule has 0 fully saturated rings. The summed E-state index contributed by atoms with van der Waals surface area (Å²) in [4.78, 5) is 16.0. The molecule has 1 aromatic carbocycles. The van der Waals surface area contributed by atoms with Gasteiger partial charge in [-0.05, 0) is 42.8 Å². The SMILES string of the molecule is Cc1cc(Sc2ncccc2C(=O)O)ccc1C#N. The van der Waals surface area contributed by atoms with Crippen molar-refractivity contribution in [1.29, 1.82) is 5.26 Å². The number of nitriles is 1. The number of pyridine rings is 1. The zero-order valence-corrected chi connectivity index (χ0v) is 10.9. The van der Waals surface area contributed by atoms with Crippen LogP contribution >= 0.6 is 11.8 Å². The molecule has 0 bridgehead atoms. The van der Waals surface area contributed by atoms with Crippen LogP contribution in [0.2, 0.25) is 0 Å². The first kappa shape index (κ1) is 13.1. The molecule has 0 aliphatic heterocycles. The minimum absolute atomic E-state index is 0.175. The van der Waals surface area contributed by atoms with Crippen molar-refractivity contribution in [3.8, 4) is 6.07 Å². The van der Waals surface area contributed by atoms with Gasteiger partial charge in [0.15, 0.2) is 0 Å². The van der Waals surface area contributed by atoms with Gasteiger partial charge in [-0.15, -0.1) is 0 Å². The van der Waals surface area contributed by atoms with E-state index < -0.39 is 5.97 Å². The standard InChI is InChI=1S/C14H10N2O2S/c1-9-7-11(5-4-10(9)8-15)19-13-12(14(17)18)3-2-6-16-13/h2-7H,1H3,(H,17,18). The number of aromatic nitrogens is 1. The number of rotatable bonds is 3. The first-order valence-electron chi connectivity index (χ1n) is 5.48. The van der Waals surface area contributed by atoms with Crippen LogP contribution in [0.3, 0.4) is 0 Å². The highest BCUT2D eigenvalue weighted by Crippen LogP contribution is 2.29. The lowest BCUT2D eigenvalue weighted by molar-refractivity contribution is 0.0692. The molecular weight excluding hydrogens is 260 g/mol. The van der Waals surface area contributed by atoms with Crippen LogP contribution in [0.5, 0.6) is 0 Å². The van der Waals surface area contributed by atoms with Crippen LogP contribution in [0, 0.1) is 18.3 Å². The highest BCUT2D eigenvalue weighted by molar-refractivity contribution is 7.99. The third-order valence-corrected chi connectivity index (χ3v) is 3.54. The molecule has 2 aromatic rings. The van der Waals surface area contributed by atoms with Gasteiger partial charge in [-0.3, -0.25) is 0 Å². The molecule has 0 radical (unpaired) electrons. The zero-order chi connectivity index (χ0) is 13.8. The fourth-order valence-corrected chi connectivity index (χ4v) is 2.55. The molecule has 0 atom stereocenters. The highest BCUT2D eigenvalue weighted by Gasteiger charge is 2.12. The van der Waals surface area contributed by atoms with Crippen LogP contribution in [0.4, 0.5) is 0 Å². The van der Waals surface area contributed by atoms with Gasteiger partial charge in [-0.25, -0.2) is 9.78 Å². The lowest BCUT2D eigenvalue weighted by Gasteiger charge is -2.05. The molecule has 94 valence electrons. The van der Waals surface area contributed by atoms with Crippen molar-refractivity contribution in [3.05, 3.63) is 53.2 Å². The maximum Gasteiger partial charge on any atom is 0.338 e. The molecule has 0 aliphatic rings. The predicted octanol–water partition coefficient (Wildman–Crippen LogP) is 3.11. The summed E-state index contributed by atoms with van der Waals surface area (Å²) in [6.45, 7) is 1.85. The summed E-state index contributed by atoms with van der Waals surface area (Å²) in [6, 6.07) is 10.6. The molecule has 0 aliphatic carbocycles. The predicted molar refractivity (Wildman–Crippen MR) is 71.2 cm³/mol. The van der Waals surface area contributed by atoms with Crippen LogP contribution in [-0.2, 0) is 0 Å². The van der Waals surface area contributed by atoms with E-state index in [-0.39, 0.29) is 5.56 Å². The Morgan fingerprint density at radius 3 is 2.84 bits per heavy atom. The van der Waals surface area contributed by atoms with Gasteiger partial charge in [0, 0.05) is 11.1 Å². The van der Waals surface area contributed by atoms with E-state index in [0.717, 1.165) is 10.5 Å². The maximum atomic E-state index is 11.1. The topological polar surface area (TPSA) is 74.0 Å². The largest absolute Gasteiger partial charge is 0.478 e. The molecule has 1 aromatic heterocycles. The number of aromatic carboxylic acids is 1. The number of carboxylic acids is 1. The molecule has 19 heavy (non-hydrogen) atoms. The first-order valence-corrected chi connectivity index (χ1v) is 6.30. The molecule has 0 spiro atoms. The number of aryl methyl sites for hydroxylation is 1. The Morgan fingerprint density at radius 2 is 2.21 bits per heavy atom. The lowest BCUT2D eigenvalue weighted by Crippen LogP contribution is -2.00. The molecule has 1 heterocycles. The Morgan fingerprint density at radius 1 is 1.42 bits per heavy atom. The highest BCUT2D eigenvalue weighted by atomic mass is 32.2. The smallest absolute Gasteiger partial charge is 0.338 e. The van der Waals surface area contributed by atoms with E-state index in [1.165, 1.54) is 17.8 Å². The monoisotopic (exact) mass is 270 g/mol. The molecule has 5 heteroatoms. The number of hydrogen-bond donors (Lipinski definition) is 1. The summed E-state index contributed by atoms with van der Waals surface area (Å²) in [5, 5.41) is 18.4. The van der Waals surface area contributed by atoms with Crippen molar-refractivity contribution in [2.45, 2.75) is 16.8 Å². The Labute approximate surface area is 114 Å². The van der Waals surface area contributed by atoms with Gasteiger partial charge in [0.2, 0.25) is 0 Å². The summed E-state index contributed by atoms with van der Waals surface area (Å²) in [6.07, 6.45) is 1.56. The van der Waals surface area contributed by atoms with Crippen LogP contribution in [0.1, 0.15) is 21.5 Å². The lowest BCUT2D eigenvalue weighted by atomic mass is 10.1. The third kappa shape index (κ3) is 2.92. The zero-order valence-electron chi connectivity index (χ0n) is 10.1. The van der Waals surface area contributed by atoms with Crippen molar-refractivity contribution >= 4 is 17.7 Å². The average molecular weight is 270 g/mol. The minimum Gasteiger partial charge on any atom is -0.478 e.